The van der Waals surface area contributed by atoms with Gasteiger partial charge in [0.15, 0.2) is 11.5 Å². The molecule has 25 heavy (non-hydrogen) atoms. The number of hydrogen-bond acceptors (Lipinski definition) is 3. The van der Waals surface area contributed by atoms with Crippen LogP contribution in [0.3, 0.4) is 0 Å². The largest absolute Gasteiger partial charge is 0.493 e. The molecule has 2 amide bonds. The molecule has 0 aliphatic heterocycles. The van der Waals surface area contributed by atoms with Crippen LogP contribution in [-0.2, 0) is 6.54 Å². The van der Waals surface area contributed by atoms with Crippen molar-refractivity contribution < 1.29 is 14.3 Å². The van der Waals surface area contributed by atoms with E-state index in [-0.39, 0.29) is 6.03 Å². The summed E-state index contributed by atoms with van der Waals surface area (Å²) >= 11 is 5.95. The summed E-state index contributed by atoms with van der Waals surface area (Å²) in [6.45, 7) is 5.46. The van der Waals surface area contributed by atoms with Crippen LogP contribution < -0.4 is 14.8 Å². The van der Waals surface area contributed by atoms with E-state index < -0.39 is 0 Å². The van der Waals surface area contributed by atoms with Crippen molar-refractivity contribution in [1.82, 2.24) is 4.90 Å². The molecule has 0 spiro atoms. The highest BCUT2D eigenvalue weighted by Crippen LogP contribution is 2.28. The van der Waals surface area contributed by atoms with Gasteiger partial charge in [0.05, 0.1) is 13.7 Å². The maximum Gasteiger partial charge on any atom is 0.322 e. The minimum atomic E-state index is -0.183. The van der Waals surface area contributed by atoms with Crippen molar-refractivity contribution >= 4 is 23.3 Å². The number of hydrogen-bond donors (Lipinski definition) is 1. The number of rotatable bonds is 7. The molecule has 6 heteroatoms. The lowest BCUT2D eigenvalue weighted by Gasteiger charge is -2.22. The molecular formula is C19H23ClN2O3. The minimum Gasteiger partial charge on any atom is -0.493 e. The Kier molecular flexibility index (Phi) is 6.95. The zero-order valence-corrected chi connectivity index (χ0v) is 15.5. The van der Waals surface area contributed by atoms with E-state index in [2.05, 4.69) is 5.32 Å². The van der Waals surface area contributed by atoms with Gasteiger partial charge in [-0.25, -0.2) is 4.79 Å². The molecule has 134 valence electrons. The highest BCUT2D eigenvalue weighted by Gasteiger charge is 2.14. The van der Waals surface area contributed by atoms with Crippen molar-refractivity contribution in [1.29, 1.82) is 0 Å². The molecule has 0 aromatic heterocycles. The van der Waals surface area contributed by atoms with Crippen LogP contribution in [0.1, 0.15) is 19.4 Å². The first-order valence-electron chi connectivity index (χ1n) is 8.18. The predicted octanol–water partition coefficient (Wildman–Crippen LogP) is 4.80. The second-order valence-corrected chi connectivity index (χ2v) is 5.81. The Morgan fingerprint density at radius 1 is 1.16 bits per heavy atom. The normalized spacial score (nSPS) is 10.2. The van der Waals surface area contributed by atoms with E-state index in [4.69, 9.17) is 21.1 Å². The first kappa shape index (κ1) is 18.9. The van der Waals surface area contributed by atoms with Crippen LogP contribution in [0.2, 0.25) is 5.02 Å². The third-order valence-electron chi connectivity index (χ3n) is 3.65. The molecule has 2 rings (SSSR count). The van der Waals surface area contributed by atoms with Gasteiger partial charge >= 0.3 is 6.03 Å². The number of methoxy groups -OCH3 is 1. The number of nitrogens with one attached hydrogen (secondary N) is 1. The van der Waals surface area contributed by atoms with Gasteiger partial charge in [-0.3, -0.25) is 0 Å². The molecular weight excluding hydrogens is 340 g/mol. The molecule has 0 saturated heterocycles. The number of carbonyl (C=O) groups excluding carboxylic acids is 1. The summed E-state index contributed by atoms with van der Waals surface area (Å²) in [5.74, 6) is 1.35. The van der Waals surface area contributed by atoms with Gasteiger partial charge in [0, 0.05) is 23.8 Å². The summed E-state index contributed by atoms with van der Waals surface area (Å²) in [6, 6.07) is 12.6. The summed E-state index contributed by atoms with van der Waals surface area (Å²) in [5, 5.41) is 3.44. The third kappa shape index (κ3) is 5.29. The quantitative estimate of drug-likeness (QED) is 0.769. The summed E-state index contributed by atoms with van der Waals surface area (Å²) < 4.78 is 10.9. The molecule has 0 bridgehead atoms. The van der Waals surface area contributed by atoms with Gasteiger partial charge < -0.3 is 19.7 Å². The van der Waals surface area contributed by atoms with E-state index in [0.29, 0.717) is 41.9 Å². The highest BCUT2D eigenvalue weighted by molar-refractivity contribution is 6.30. The second-order valence-electron chi connectivity index (χ2n) is 5.37. The maximum atomic E-state index is 12.5. The van der Waals surface area contributed by atoms with E-state index >= 15 is 0 Å². The lowest BCUT2D eigenvalue weighted by molar-refractivity contribution is 0.212. The van der Waals surface area contributed by atoms with Crippen LogP contribution in [0.5, 0.6) is 11.5 Å². The summed E-state index contributed by atoms with van der Waals surface area (Å²) in [5.41, 5.74) is 1.63. The molecule has 0 aliphatic carbocycles. The fourth-order valence-electron chi connectivity index (χ4n) is 2.40. The van der Waals surface area contributed by atoms with Crippen LogP contribution in [0.25, 0.3) is 0 Å². The number of benzene rings is 2. The van der Waals surface area contributed by atoms with Crippen molar-refractivity contribution in [2.24, 2.45) is 0 Å². The van der Waals surface area contributed by atoms with Gasteiger partial charge in [-0.2, -0.15) is 0 Å². The molecule has 0 atom stereocenters. The Bertz CT molecular complexity index is 722. The number of ether oxygens (including phenoxy) is 2. The highest BCUT2D eigenvalue weighted by atomic mass is 35.5. The third-order valence-corrected chi connectivity index (χ3v) is 3.88. The average Bonchev–Trinajstić information content (AvgIpc) is 2.60. The molecule has 0 radical (unpaired) electrons. The fourth-order valence-corrected chi connectivity index (χ4v) is 2.59. The molecule has 0 unspecified atom stereocenters. The smallest absolute Gasteiger partial charge is 0.322 e. The number of anilines is 1. The molecule has 2 aromatic rings. The Morgan fingerprint density at radius 2 is 1.96 bits per heavy atom. The van der Waals surface area contributed by atoms with E-state index in [0.717, 1.165) is 5.56 Å². The number of carbonyl (C=O) groups is 1. The van der Waals surface area contributed by atoms with Gasteiger partial charge in [0.1, 0.15) is 0 Å². The molecule has 0 fully saturated rings. The van der Waals surface area contributed by atoms with Crippen molar-refractivity contribution in [2.45, 2.75) is 20.4 Å². The average molecular weight is 363 g/mol. The van der Waals surface area contributed by atoms with E-state index in [1.54, 1.807) is 36.3 Å². The number of amides is 2. The second kappa shape index (κ2) is 9.18. The van der Waals surface area contributed by atoms with Gasteiger partial charge in [0.25, 0.3) is 0 Å². The molecule has 5 nitrogen and oxygen atoms in total. The molecule has 2 aromatic carbocycles. The van der Waals surface area contributed by atoms with Gasteiger partial charge in [-0.1, -0.05) is 23.7 Å². The Labute approximate surface area is 153 Å². The molecule has 0 aliphatic rings. The predicted molar refractivity (Wildman–Crippen MR) is 101 cm³/mol. The molecule has 0 heterocycles. The van der Waals surface area contributed by atoms with Crippen LogP contribution in [-0.4, -0.2) is 31.2 Å². The lowest BCUT2D eigenvalue weighted by Crippen LogP contribution is -2.34. The van der Waals surface area contributed by atoms with Crippen molar-refractivity contribution in [3.8, 4) is 11.5 Å². The van der Waals surface area contributed by atoms with Gasteiger partial charge in [-0.15, -0.1) is 0 Å². The Hall–Kier alpha value is -2.40. The van der Waals surface area contributed by atoms with Gasteiger partial charge in [-0.05, 0) is 49.7 Å². The van der Waals surface area contributed by atoms with Crippen LogP contribution in [0, 0.1) is 0 Å². The standard InChI is InChI=1S/C19H23ClN2O3/c1-4-22(19(23)21-16-8-6-7-15(20)12-16)13-14-9-10-17(25-5-2)18(11-14)24-3/h6-12H,4-5,13H2,1-3H3,(H,21,23). The SMILES string of the molecule is CCOc1ccc(CN(CC)C(=O)Nc2cccc(Cl)c2)cc1OC. The topological polar surface area (TPSA) is 50.8 Å². The summed E-state index contributed by atoms with van der Waals surface area (Å²) in [4.78, 5) is 14.2. The monoisotopic (exact) mass is 362 g/mol. The van der Waals surface area contributed by atoms with Crippen molar-refractivity contribution in [3.63, 3.8) is 0 Å². The minimum absolute atomic E-state index is 0.183. The number of nitrogens with zero attached hydrogens (tertiary/aromatic N) is 1. The van der Waals surface area contributed by atoms with E-state index in [1.807, 2.05) is 32.0 Å². The molecule has 0 saturated carbocycles. The zero-order chi connectivity index (χ0) is 18.2. The van der Waals surface area contributed by atoms with Crippen LogP contribution in [0.15, 0.2) is 42.5 Å². The van der Waals surface area contributed by atoms with Crippen molar-refractivity contribution in [3.05, 3.63) is 53.1 Å². The molecule has 1 N–H and O–H groups in total. The fraction of sp³-hybridized carbons (Fsp3) is 0.316. The van der Waals surface area contributed by atoms with Crippen LogP contribution >= 0.6 is 11.6 Å². The first-order valence-corrected chi connectivity index (χ1v) is 8.56. The summed E-state index contributed by atoms with van der Waals surface area (Å²) in [6.07, 6.45) is 0. The maximum absolute atomic E-state index is 12.5. The summed E-state index contributed by atoms with van der Waals surface area (Å²) in [7, 11) is 1.60. The van der Waals surface area contributed by atoms with E-state index in [9.17, 15) is 4.79 Å². The van der Waals surface area contributed by atoms with Crippen LogP contribution in [0.4, 0.5) is 10.5 Å². The van der Waals surface area contributed by atoms with Gasteiger partial charge in [0.2, 0.25) is 0 Å². The van der Waals surface area contributed by atoms with E-state index in [1.165, 1.54) is 0 Å². The lowest BCUT2D eigenvalue weighted by atomic mass is 10.2. The van der Waals surface area contributed by atoms with Crippen molar-refractivity contribution in [2.75, 3.05) is 25.6 Å². The number of urea groups is 1. The zero-order valence-electron chi connectivity index (χ0n) is 14.7. The Morgan fingerprint density at radius 3 is 2.60 bits per heavy atom. The Balaban J connectivity index is 2.09. The first-order chi connectivity index (χ1) is 12.1. The number of halogens is 1.